The Labute approximate surface area is 111 Å². The summed E-state index contributed by atoms with van der Waals surface area (Å²) < 4.78 is 0. The molecule has 2 aromatic heterocycles. The predicted octanol–water partition coefficient (Wildman–Crippen LogP) is 2.79. The third-order valence-electron chi connectivity index (χ3n) is 3.58. The molecule has 3 nitrogen and oxygen atoms in total. The first-order chi connectivity index (χ1) is 8.75. The van der Waals surface area contributed by atoms with E-state index in [9.17, 15) is 0 Å². The zero-order chi connectivity index (χ0) is 12.6. The minimum Gasteiger partial charge on any atom is -0.330 e. The minimum absolute atomic E-state index is 0.0323. The van der Waals surface area contributed by atoms with Crippen LogP contribution in [0.5, 0.6) is 0 Å². The van der Waals surface area contributed by atoms with Crippen molar-refractivity contribution in [3.63, 3.8) is 0 Å². The number of aromatic nitrogens is 2. The van der Waals surface area contributed by atoms with Crippen LogP contribution in [0.2, 0.25) is 5.02 Å². The molecule has 0 unspecified atom stereocenters. The fourth-order valence-corrected chi connectivity index (χ4v) is 2.57. The van der Waals surface area contributed by atoms with Crippen LogP contribution in [0, 0.1) is 0 Å². The lowest BCUT2D eigenvalue weighted by Gasteiger charge is -2.14. The molecule has 0 atom stereocenters. The molecule has 0 amide bonds. The Morgan fingerprint density at radius 2 is 2.11 bits per heavy atom. The van der Waals surface area contributed by atoms with Crippen LogP contribution in [0.4, 0.5) is 0 Å². The number of hydrogen-bond acceptors (Lipinski definition) is 3. The van der Waals surface area contributed by atoms with Gasteiger partial charge in [0.1, 0.15) is 0 Å². The second-order valence-corrected chi connectivity index (χ2v) is 5.19. The topological polar surface area (TPSA) is 51.8 Å². The van der Waals surface area contributed by atoms with Gasteiger partial charge in [-0.3, -0.25) is 9.97 Å². The molecule has 92 valence electrons. The summed E-state index contributed by atoms with van der Waals surface area (Å²) >= 11 is 6.34. The highest BCUT2D eigenvalue weighted by Crippen LogP contribution is 2.48. The van der Waals surface area contributed by atoms with Gasteiger partial charge in [0.15, 0.2) is 0 Å². The summed E-state index contributed by atoms with van der Waals surface area (Å²) in [5.74, 6) is 0. The largest absolute Gasteiger partial charge is 0.330 e. The van der Waals surface area contributed by atoms with Crippen LogP contribution < -0.4 is 5.73 Å². The summed E-state index contributed by atoms with van der Waals surface area (Å²) in [5.41, 5.74) is 8.80. The average molecular weight is 260 g/mol. The van der Waals surface area contributed by atoms with Gasteiger partial charge in [0.05, 0.1) is 10.7 Å². The number of halogens is 1. The third-order valence-corrected chi connectivity index (χ3v) is 3.87. The molecule has 0 bridgehead atoms. The highest BCUT2D eigenvalue weighted by Gasteiger charge is 2.45. The van der Waals surface area contributed by atoms with Crippen LogP contribution in [0.25, 0.3) is 11.1 Å². The van der Waals surface area contributed by atoms with Crippen LogP contribution in [0.3, 0.4) is 0 Å². The fourth-order valence-electron chi connectivity index (χ4n) is 2.21. The number of hydrogen-bond donors (Lipinski definition) is 1. The van der Waals surface area contributed by atoms with Crippen LogP contribution in [0.1, 0.15) is 18.5 Å². The van der Waals surface area contributed by atoms with E-state index in [1.54, 1.807) is 6.20 Å². The van der Waals surface area contributed by atoms with Crippen molar-refractivity contribution in [3.05, 3.63) is 47.5 Å². The molecule has 1 aliphatic carbocycles. The summed E-state index contributed by atoms with van der Waals surface area (Å²) in [4.78, 5) is 8.62. The molecule has 1 saturated carbocycles. The van der Waals surface area contributed by atoms with Crippen molar-refractivity contribution in [3.8, 4) is 11.1 Å². The van der Waals surface area contributed by atoms with Crippen molar-refractivity contribution in [1.29, 1.82) is 0 Å². The van der Waals surface area contributed by atoms with Crippen molar-refractivity contribution in [2.75, 3.05) is 6.54 Å². The molecule has 0 aliphatic heterocycles. The predicted molar refractivity (Wildman–Crippen MR) is 72.4 cm³/mol. The van der Waals surface area contributed by atoms with E-state index < -0.39 is 0 Å². The third kappa shape index (κ3) is 1.89. The quantitative estimate of drug-likeness (QED) is 0.922. The first-order valence-electron chi connectivity index (χ1n) is 6.02. The van der Waals surface area contributed by atoms with Gasteiger partial charge in [-0.1, -0.05) is 17.7 Å². The normalized spacial score (nSPS) is 16.6. The van der Waals surface area contributed by atoms with Crippen LogP contribution in [-0.4, -0.2) is 16.5 Å². The van der Waals surface area contributed by atoms with Gasteiger partial charge < -0.3 is 5.73 Å². The summed E-state index contributed by atoms with van der Waals surface area (Å²) in [6.45, 7) is 0.617. The molecule has 18 heavy (non-hydrogen) atoms. The Hall–Kier alpha value is -1.45. The lowest BCUT2D eigenvalue weighted by molar-refractivity contribution is 0.679. The van der Waals surface area contributed by atoms with Gasteiger partial charge in [-0.15, -0.1) is 0 Å². The van der Waals surface area contributed by atoms with E-state index >= 15 is 0 Å². The van der Waals surface area contributed by atoms with Crippen molar-refractivity contribution < 1.29 is 0 Å². The first kappa shape index (κ1) is 11.6. The van der Waals surface area contributed by atoms with Crippen LogP contribution in [-0.2, 0) is 5.41 Å². The Morgan fingerprint density at radius 1 is 1.28 bits per heavy atom. The van der Waals surface area contributed by atoms with Gasteiger partial charge in [-0.05, 0) is 25.0 Å². The van der Waals surface area contributed by atoms with Crippen molar-refractivity contribution in [2.24, 2.45) is 5.73 Å². The van der Waals surface area contributed by atoms with Gasteiger partial charge in [0.25, 0.3) is 0 Å². The summed E-state index contributed by atoms with van der Waals surface area (Å²) in [5, 5.41) is 0.708. The summed E-state index contributed by atoms with van der Waals surface area (Å²) in [6.07, 6.45) is 7.59. The van der Waals surface area contributed by atoms with Crippen LogP contribution in [0.15, 0.2) is 36.8 Å². The smallest absolute Gasteiger partial charge is 0.0664 e. The molecule has 2 aromatic rings. The van der Waals surface area contributed by atoms with E-state index in [1.807, 2.05) is 30.6 Å². The van der Waals surface area contributed by atoms with E-state index in [0.717, 1.165) is 29.7 Å². The zero-order valence-electron chi connectivity index (χ0n) is 9.94. The molecule has 2 N–H and O–H groups in total. The number of nitrogens with zero attached hydrogens (tertiary/aromatic N) is 2. The Kier molecular flexibility index (Phi) is 2.80. The van der Waals surface area contributed by atoms with Gasteiger partial charge >= 0.3 is 0 Å². The number of pyridine rings is 2. The standard InChI is InChI=1S/C14H14ClN3/c15-12-6-11(10-2-1-5-17-7-10)8-18-13(12)14(9-16)3-4-14/h1-2,5-8H,3-4,9,16H2. The maximum absolute atomic E-state index is 6.34. The number of rotatable bonds is 3. The highest BCUT2D eigenvalue weighted by atomic mass is 35.5. The fraction of sp³-hybridized carbons (Fsp3) is 0.286. The van der Waals surface area contributed by atoms with E-state index in [1.165, 1.54) is 0 Å². The van der Waals surface area contributed by atoms with E-state index in [4.69, 9.17) is 17.3 Å². The molecular formula is C14H14ClN3. The molecule has 3 rings (SSSR count). The maximum Gasteiger partial charge on any atom is 0.0664 e. The van der Waals surface area contributed by atoms with Crippen molar-refractivity contribution in [2.45, 2.75) is 18.3 Å². The molecule has 1 aliphatic rings. The molecule has 0 saturated heterocycles. The highest BCUT2D eigenvalue weighted by molar-refractivity contribution is 6.31. The molecule has 0 aromatic carbocycles. The SMILES string of the molecule is NCC1(c2ncc(-c3cccnc3)cc2Cl)CC1. The van der Waals surface area contributed by atoms with Crippen molar-refractivity contribution >= 4 is 11.6 Å². The molecule has 2 heterocycles. The van der Waals surface area contributed by atoms with Crippen LogP contribution >= 0.6 is 11.6 Å². The van der Waals surface area contributed by atoms with E-state index in [-0.39, 0.29) is 5.41 Å². The monoisotopic (exact) mass is 259 g/mol. The molecule has 1 fully saturated rings. The Balaban J connectivity index is 2.00. The van der Waals surface area contributed by atoms with Gasteiger partial charge in [-0.25, -0.2) is 0 Å². The van der Waals surface area contributed by atoms with Gasteiger partial charge in [-0.2, -0.15) is 0 Å². The minimum atomic E-state index is 0.0323. The average Bonchev–Trinajstić information content (AvgIpc) is 3.20. The first-order valence-corrected chi connectivity index (χ1v) is 6.39. The van der Waals surface area contributed by atoms with Crippen molar-refractivity contribution in [1.82, 2.24) is 9.97 Å². The molecule has 0 spiro atoms. The summed E-state index contributed by atoms with van der Waals surface area (Å²) in [6, 6.07) is 5.85. The lowest BCUT2D eigenvalue weighted by Crippen LogP contribution is -2.21. The second-order valence-electron chi connectivity index (χ2n) is 4.78. The molecule has 4 heteroatoms. The zero-order valence-corrected chi connectivity index (χ0v) is 10.7. The summed E-state index contributed by atoms with van der Waals surface area (Å²) in [7, 11) is 0. The Morgan fingerprint density at radius 3 is 2.67 bits per heavy atom. The molecular weight excluding hydrogens is 246 g/mol. The van der Waals surface area contributed by atoms with Gasteiger partial charge in [0.2, 0.25) is 0 Å². The van der Waals surface area contributed by atoms with Gasteiger partial charge in [0, 0.05) is 41.7 Å². The van der Waals surface area contributed by atoms with E-state index in [0.29, 0.717) is 11.6 Å². The maximum atomic E-state index is 6.34. The number of nitrogens with two attached hydrogens (primary N) is 1. The second kappa shape index (κ2) is 4.34. The van der Waals surface area contributed by atoms with E-state index in [2.05, 4.69) is 9.97 Å². The lowest BCUT2D eigenvalue weighted by atomic mass is 10.0. The molecule has 0 radical (unpaired) electrons. The Bertz CT molecular complexity index is 565.